The van der Waals surface area contributed by atoms with Crippen LogP contribution in [0.1, 0.15) is 5.56 Å². The van der Waals surface area contributed by atoms with E-state index in [0.717, 1.165) is 9.13 Å². The van der Waals surface area contributed by atoms with Gasteiger partial charge in [-0.3, -0.25) is 0 Å². The lowest BCUT2D eigenvalue weighted by atomic mass is 10.1. The van der Waals surface area contributed by atoms with Crippen LogP contribution in [0, 0.1) is 3.57 Å². The molecule has 1 aromatic carbocycles. The fourth-order valence-electron chi connectivity index (χ4n) is 1.15. The highest BCUT2D eigenvalue weighted by molar-refractivity contribution is 14.1. The molecule has 1 aromatic rings. The van der Waals surface area contributed by atoms with Gasteiger partial charge >= 0.3 is 0 Å². The lowest BCUT2D eigenvalue weighted by Gasteiger charge is -2.12. The van der Waals surface area contributed by atoms with E-state index >= 15 is 0 Å². The summed E-state index contributed by atoms with van der Waals surface area (Å²) in [7, 11) is 1.57. The maximum Gasteiger partial charge on any atom is 0.137 e. The van der Waals surface area contributed by atoms with Crippen molar-refractivity contribution in [2.24, 2.45) is 0 Å². The highest BCUT2D eigenvalue weighted by atomic mass is 127. The predicted octanol–water partition coefficient (Wildman–Crippen LogP) is 3.14. The number of aliphatic hydroxyl groups is 1. The van der Waals surface area contributed by atoms with Gasteiger partial charge in [0, 0.05) is 6.61 Å². The summed E-state index contributed by atoms with van der Waals surface area (Å²) in [5.41, 5.74) is 0.869. The van der Waals surface area contributed by atoms with Crippen molar-refractivity contribution in [1.82, 2.24) is 0 Å². The molecule has 5 heteroatoms. The van der Waals surface area contributed by atoms with E-state index in [1.165, 1.54) is 0 Å². The van der Waals surface area contributed by atoms with Crippen LogP contribution < -0.4 is 4.74 Å². The molecule has 1 N–H and O–H groups in total. The molecule has 1 rings (SSSR count). The molecule has 0 radical (unpaired) electrons. The average Bonchev–Trinajstić information content (AvgIpc) is 2.16. The number of aliphatic hydroxyl groups excluding tert-OH is 1. The SMILES string of the molecule is COc1c(CCO)cc(Cl)c(Cl)c1I. The monoisotopic (exact) mass is 346 g/mol. The summed E-state index contributed by atoms with van der Waals surface area (Å²) in [4.78, 5) is 0. The molecule has 0 aliphatic rings. The molecule has 0 unspecified atom stereocenters. The molecule has 0 atom stereocenters. The molecule has 0 saturated carbocycles. The second-order valence-electron chi connectivity index (χ2n) is 2.65. The summed E-state index contributed by atoms with van der Waals surface area (Å²) >= 11 is 13.9. The number of halogens is 3. The van der Waals surface area contributed by atoms with Crippen LogP contribution in [-0.4, -0.2) is 18.8 Å². The molecule has 0 saturated heterocycles. The number of hydrogen-bond donors (Lipinski definition) is 1. The fourth-order valence-corrected chi connectivity index (χ4v) is 2.54. The summed E-state index contributed by atoms with van der Waals surface area (Å²) in [5, 5.41) is 9.83. The molecule has 0 aliphatic carbocycles. The van der Waals surface area contributed by atoms with Crippen LogP contribution in [0.5, 0.6) is 5.75 Å². The topological polar surface area (TPSA) is 29.5 Å². The number of rotatable bonds is 3. The number of methoxy groups -OCH3 is 1. The second kappa shape index (κ2) is 5.39. The highest BCUT2D eigenvalue weighted by Crippen LogP contribution is 2.37. The molecule has 0 heterocycles. The van der Waals surface area contributed by atoms with E-state index in [4.69, 9.17) is 33.0 Å². The van der Waals surface area contributed by atoms with Crippen molar-refractivity contribution in [3.8, 4) is 5.75 Å². The first kappa shape index (κ1) is 12.4. The minimum absolute atomic E-state index is 0.0599. The third-order valence-electron chi connectivity index (χ3n) is 1.78. The van der Waals surface area contributed by atoms with Crippen LogP contribution in [0.2, 0.25) is 10.0 Å². The zero-order valence-electron chi connectivity index (χ0n) is 7.48. The van der Waals surface area contributed by atoms with Crippen LogP contribution >= 0.6 is 45.8 Å². The Morgan fingerprint density at radius 3 is 2.64 bits per heavy atom. The van der Waals surface area contributed by atoms with Crippen molar-refractivity contribution in [2.75, 3.05) is 13.7 Å². The molecular weight excluding hydrogens is 338 g/mol. The summed E-state index contributed by atoms with van der Waals surface area (Å²) < 4.78 is 5.98. The quantitative estimate of drug-likeness (QED) is 0.673. The van der Waals surface area contributed by atoms with E-state index in [0.29, 0.717) is 22.2 Å². The first-order chi connectivity index (χ1) is 6.61. The standard InChI is InChI=1S/C9H9Cl2IO2/c1-14-9-5(2-3-13)4-6(10)7(11)8(9)12/h4,13H,2-3H2,1H3. The molecule has 78 valence electrons. The number of benzene rings is 1. The van der Waals surface area contributed by atoms with Gasteiger partial charge < -0.3 is 9.84 Å². The molecule has 0 spiro atoms. The van der Waals surface area contributed by atoms with E-state index < -0.39 is 0 Å². The third-order valence-corrected chi connectivity index (χ3v) is 3.92. The van der Waals surface area contributed by atoms with Gasteiger partial charge in [0.05, 0.1) is 20.7 Å². The Labute approximate surface area is 106 Å². The van der Waals surface area contributed by atoms with Crippen molar-refractivity contribution in [3.63, 3.8) is 0 Å². The fraction of sp³-hybridized carbons (Fsp3) is 0.333. The van der Waals surface area contributed by atoms with E-state index in [9.17, 15) is 0 Å². The van der Waals surface area contributed by atoms with E-state index in [1.54, 1.807) is 13.2 Å². The Kier molecular flexibility index (Phi) is 4.76. The lowest BCUT2D eigenvalue weighted by molar-refractivity contribution is 0.296. The van der Waals surface area contributed by atoms with Gasteiger partial charge in [0.25, 0.3) is 0 Å². The van der Waals surface area contributed by atoms with E-state index in [-0.39, 0.29) is 6.61 Å². The molecule has 14 heavy (non-hydrogen) atoms. The predicted molar refractivity (Wildman–Crippen MR) is 66.5 cm³/mol. The van der Waals surface area contributed by atoms with Crippen LogP contribution in [-0.2, 0) is 6.42 Å². The van der Waals surface area contributed by atoms with E-state index in [2.05, 4.69) is 22.6 Å². The molecule has 2 nitrogen and oxygen atoms in total. The largest absolute Gasteiger partial charge is 0.495 e. The van der Waals surface area contributed by atoms with Crippen molar-refractivity contribution in [3.05, 3.63) is 25.2 Å². The minimum atomic E-state index is 0.0599. The number of hydrogen-bond acceptors (Lipinski definition) is 2. The Balaban J connectivity index is 3.28. The molecule has 0 bridgehead atoms. The van der Waals surface area contributed by atoms with E-state index in [1.807, 2.05) is 0 Å². The van der Waals surface area contributed by atoms with Crippen LogP contribution in [0.25, 0.3) is 0 Å². The summed E-state index contributed by atoms with van der Waals surface area (Å²) in [6.07, 6.45) is 0.510. The van der Waals surface area contributed by atoms with Crippen LogP contribution in [0.3, 0.4) is 0 Å². The van der Waals surface area contributed by atoms with Gasteiger partial charge in [-0.15, -0.1) is 0 Å². The van der Waals surface area contributed by atoms with Gasteiger partial charge in [-0.1, -0.05) is 23.2 Å². The van der Waals surface area contributed by atoms with Gasteiger partial charge in [0.2, 0.25) is 0 Å². The zero-order valence-corrected chi connectivity index (χ0v) is 11.2. The maximum atomic E-state index is 8.86. The highest BCUT2D eigenvalue weighted by Gasteiger charge is 2.14. The van der Waals surface area contributed by atoms with Crippen molar-refractivity contribution < 1.29 is 9.84 Å². The summed E-state index contributed by atoms with van der Waals surface area (Å²) in [6, 6.07) is 1.72. The normalized spacial score (nSPS) is 10.4. The Morgan fingerprint density at radius 1 is 1.50 bits per heavy atom. The molecule has 0 aromatic heterocycles. The molecular formula is C9H9Cl2IO2. The van der Waals surface area contributed by atoms with Crippen LogP contribution in [0.4, 0.5) is 0 Å². The van der Waals surface area contributed by atoms with Gasteiger partial charge in [-0.25, -0.2) is 0 Å². The third kappa shape index (κ3) is 2.45. The maximum absolute atomic E-state index is 8.86. The van der Waals surface area contributed by atoms with Gasteiger partial charge in [-0.2, -0.15) is 0 Å². The van der Waals surface area contributed by atoms with Crippen molar-refractivity contribution in [2.45, 2.75) is 6.42 Å². The van der Waals surface area contributed by atoms with Crippen molar-refractivity contribution in [1.29, 1.82) is 0 Å². The Bertz CT molecular complexity index is 342. The summed E-state index contributed by atoms with van der Waals surface area (Å²) in [6.45, 7) is 0.0599. The first-order valence-electron chi connectivity index (χ1n) is 3.93. The second-order valence-corrected chi connectivity index (χ2v) is 4.52. The summed E-state index contributed by atoms with van der Waals surface area (Å²) in [5.74, 6) is 0.689. The molecule has 0 fully saturated rings. The molecule has 0 aliphatic heterocycles. The zero-order chi connectivity index (χ0) is 10.7. The Hall–Kier alpha value is 0.290. The van der Waals surface area contributed by atoms with Gasteiger partial charge in [0.15, 0.2) is 0 Å². The number of ether oxygens (including phenoxy) is 1. The Morgan fingerprint density at radius 2 is 2.14 bits per heavy atom. The van der Waals surface area contributed by atoms with Crippen molar-refractivity contribution >= 4 is 45.8 Å². The smallest absolute Gasteiger partial charge is 0.137 e. The lowest BCUT2D eigenvalue weighted by Crippen LogP contribution is -1.98. The van der Waals surface area contributed by atoms with Gasteiger partial charge in [0.1, 0.15) is 5.75 Å². The van der Waals surface area contributed by atoms with Gasteiger partial charge in [-0.05, 0) is 40.6 Å². The molecule has 0 amide bonds. The van der Waals surface area contributed by atoms with Crippen LogP contribution in [0.15, 0.2) is 6.07 Å². The average molecular weight is 347 g/mol. The minimum Gasteiger partial charge on any atom is -0.495 e. The first-order valence-corrected chi connectivity index (χ1v) is 5.76.